The molecule has 1 aliphatic rings. The van der Waals surface area contributed by atoms with Crippen LogP contribution in [0.15, 0.2) is 12.7 Å². The number of rotatable bonds is 2. The normalized spacial score (nSPS) is 18.2. The van der Waals surface area contributed by atoms with Crippen molar-refractivity contribution >= 4 is 5.97 Å². The van der Waals surface area contributed by atoms with Gasteiger partial charge in [0.15, 0.2) is 0 Å². The van der Waals surface area contributed by atoms with Crippen LogP contribution in [0.3, 0.4) is 0 Å². The molecule has 70 valence electrons. The fraction of sp³-hybridized carbons (Fsp3) is 0.625. The molecule has 1 saturated heterocycles. The number of carboxylic acids is 1. The molecule has 1 aliphatic heterocycles. The van der Waals surface area contributed by atoms with Gasteiger partial charge in [0, 0.05) is 11.5 Å². The average molecular weight is 174 g/mol. The highest BCUT2D eigenvalue weighted by atomic mass is 16.5. The number of hydrogen-bond donors (Lipinski definition) is 2. The molecule has 1 fully saturated rings. The van der Waals surface area contributed by atoms with Crippen molar-refractivity contribution in [1.82, 2.24) is 0 Å². The van der Waals surface area contributed by atoms with E-state index in [2.05, 4.69) is 6.58 Å². The molecule has 0 saturated carbocycles. The summed E-state index contributed by atoms with van der Waals surface area (Å²) in [6.45, 7) is 6.68. The molecule has 0 bridgehead atoms. The summed E-state index contributed by atoms with van der Waals surface area (Å²) in [5.41, 5.74) is 0.0972. The van der Waals surface area contributed by atoms with Gasteiger partial charge in [-0.3, -0.25) is 0 Å². The quantitative estimate of drug-likeness (QED) is 0.590. The van der Waals surface area contributed by atoms with E-state index in [0.29, 0.717) is 0 Å². The zero-order chi connectivity index (χ0) is 9.61. The van der Waals surface area contributed by atoms with Crippen molar-refractivity contribution in [2.24, 2.45) is 5.41 Å². The van der Waals surface area contributed by atoms with Gasteiger partial charge in [-0.05, 0) is 0 Å². The minimum absolute atomic E-state index is 0.0972. The van der Waals surface area contributed by atoms with Gasteiger partial charge in [-0.25, -0.2) is 4.79 Å². The molecule has 12 heavy (non-hydrogen) atoms. The number of hydrogen-bond acceptors (Lipinski definition) is 3. The lowest BCUT2D eigenvalue weighted by Gasteiger charge is -2.35. The number of aliphatic hydroxyl groups excluding tert-OH is 1. The van der Waals surface area contributed by atoms with Gasteiger partial charge >= 0.3 is 5.97 Å². The SMILES string of the molecule is C=CC(=O)O.CC1(CO)COC1. The van der Waals surface area contributed by atoms with Crippen LogP contribution in [0.25, 0.3) is 0 Å². The third-order valence-electron chi connectivity index (χ3n) is 1.46. The topological polar surface area (TPSA) is 66.8 Å². The highest BCUT2D eigenvalue weighted by molar-refractivity contribution is 5.78. The van der Waals surface area contributed by atoms with Crippen LogP contribution in [0.5, 0.6) is 0 Å². The van der Waals surface area contributed by atoms with Gasteiger partial charge in [0.25, 0.3) is 0 Å². The number of ether oxygens (including phenoxy) is 1. The van der Waals surface area contributed by atoms with Gasteiger partial charge in [0.1, 0.15) is 0 Å². The van der Waals surface area contributed by atoms with Crippen molar-refractivity contribution in [3.63, 3.8) is 0 Å². The molecule has 0 atom stereocenters. The van der Waals surface area contributed by atoms with Crippen molar-refractivity contribution in [2.75, 3.05) is 19.8 Å². The van der Waals surface area contributed by atoms with Crippen molar-refractivity contribution in [3.05, 3.63) is 12.7 Å². The van der Waals surface area contributed by atoms with E-state index in [0.717, 1.165) is 19.3 Å². The van der Waals surface area contributed by atoms with E-state index >= 15 is 0 Å². The van der Waals surface area contributed by atoms with Crippen LogP contribution in [0.1, 0.15) is 6.92 Å². The first-order valence-corrected chi connectivity index (χ1v) is 3.58. The van der Waals surface area contributed by atoms with E-state index in [1.807, 2.05) is 6.92 Å². The van der Waals surface area contributed by atoms with Crippen LogP contribution in [0.2, 0.25) is 0 Å². The van der Waals surface area contributed by atoms with Gasteiger partial charge < -0.3 is 14.9 Å². The van der Waals surface area contributed by atoms with E-state index in [1.165, 1.54) is 0 Å². The average Bonchev–Trinajstić information content (AvgIpc) is 2.01. The first-order valence-electron chi connectivity index (χ1n) is 3.58. The fourth-order valence-corrected chi connectivity index (χ4v) is 0.542. The van der Waals surface area contributed by atoms with E-state index in [1.54, 1.807) is 0 Å². The molecule has 0 unspecified atom stereocenters. The van der Waals surface area contributed by atoms with E-state index in [9.17, 15) is 4.79 Å². The maximum Gasteiger partial charge on any atom is 0.327 e. The summed E-state index contributed by atoms with van der Waals surface area (Å²) < 4.78 is 4.87. The van der Waals surface area contributed by atoms with Gasteiger partial charge in [0.05, 0.1) is 19.8 Å². The fourth-order valence-electron chi connectivity index (χ4n) is 0.542. The second-order valence-corrected chi connectivity index (χ2v) is 3.00. The summed E-state index contributed by atoms with van der Waals surface area (Å²) in [7, 11) is 0. The molecule has 0 aromatic carbocycles. The maximum atomic E-state index is 9.25. The molecular weight excluding hydrogens is 160 g/mol. The molecular formula is C8H14O4. The minimum Gasteiger partial charge on any atom is -0.478 e. The Kier molecular flexibility index (Phi) is 4.54. The third-order valence-corrected chi connectivity index (χ3v) is 1.46. The molecule has 4 nitrogen and oxygen atoms in total. The van der Waals surface area contributed by atoms with Crippen molar-refractivity contribution in [2.45, 2.75) is 6.92 Å². The predicted molar refractivity (Wildman–Crippen MR) is 43.8 cm³/mol. The standard InChI is InChI=1S/C5H10O2.C3H4O2/c1-5(2-6)3-7-4-5;1-2-3(4)5/h6H,2-4H2,1H3;2H,1H2,(H,4,5). The summed E-state index contributed by atoms with van der Waals surface area (Å²) in [6, 6.07) is 0. The smallest absolute Gasteiger partial charge is 0.327 e. The third kappa shape index (κ3) is 4.10. The van der Waals surface area contributed by atoms with Crippen LogP contribution in [-0.2, 0) is 9.53 Å². The number of aliphatic carboxylic acids is 1. The zero-order valence-corrected chi connectivity index (χ0v) is 7.12. The molecule has 1 rings (SSSR count). The predicted octanol–water partition coefficient (Wildman–Crippen LogP) is 0.272. The Balaban J connectivity index is 0.000000217. The lowest BCUT2D eigenvalue weighted by Crippen LogP contribution is -2.42. The minimum atomic E-state index is -0.981. The van der Waals surface area contributed by atoms with Gasteiger partial charge in [-0.1, -0.05) is 13.5 Å². The molecule has 1 heterocycles. The monoisotopic (exact) mass is 174 g/mol. The maximum absolute atomic E-state index is 9.25. The summed E-state index contributed by atoms with van der Waals surface area (Å²) in [5.74, 6) is -0.981. The highest BCUT2D eigenvalue weighted by Gasteiger charge is 2.31. The molecule has 0 aromatic rings. The highest BCUT2D eigenvalue weighted by Crippen LogP contribution is 2.24. The first-order chi connectivity index (χ1) is 5.54. The molecule has 2 N–H and O–H groups in total. The first kappa shape index (κ1) is 11.1. The lowest BCUT2D eigenvalue weighted by molar-refractivity contribution is -0.131. The Morgan fingerprint density at radius 3 is 2.17 bits per heavy atom. The summed E-state index contributed by atoms with van der Waals surface area (Å²) in [6.07, 6.45) is 0.833. The van der Waals surface area contributed by atoms with E-state index in [-0.39, 0.29) is 12.0 Å². The van der Waals surface area contributed by atoms with E-state index in [4.69, 9.17) is 14.9 Å². The van der Waals surface area contributed by atoms with Crippen molar-refractivity contribution in [3.8, 4) is 0 Å². The largest absolute Gasteiger partial charge is 0.478 e. The summed E-state index contributed by atoms with van der Waals surface area (Å²) in [5, 5.41) is 16.2. The Hall–Kier alpha value is -0.870. The Bertz CT molecular complexity index is 155. The molecule has 0 aliphatic carbocycles. The van der Waals surface area contributed by atoms with Crippen LogP contribution in [-0.4, -0.2) is 36.0 Å². The van der Waals surface area contributed by atoms with Crippen molar-refractivity contribution in [1.29, 1.82) is 0 Å². The molecule has 0 amide bonds. The number of aliphatic hydroxyl groups is 1. The lowest BCUT2D eigenvalue weighted by atomic mass is 9.90. The number of carboxylic acid groups (broad SMARTS) is 1. The second-order valence-electron chi connectivity index (χ2n) is 3.00. The van der Waals surface area contributed by atoms with Crippen molar-refractivity contribution < 1.29 is 19.7 Å². The van der Waals surface area contributed by atoms with Gasteiger partial charge in [-0.2, -0.15) is 0 Å². The van der Waals surface area contributed by atoms with Crippen LogP contribution < -0.4 is 0 Å². The second kappa shape index (κ2) is 4.90. The number of carbonyl (C=O) groups is 1. The van der Waals surface area contributed by atoms with E-state index < -0.39 is 5.97 Å². The van der Waals surface area contributed by atoms with Crippen LogP contribution >= 0.6 is 0 Å². The summed E-state index contributed by atoms with van der Waals surface area (Å²) >= 11 is 0. The Morgan fingerprint density at radius 1 is 1.75 bits per heavy atom. The van der Waals surface area contributed by atoms with Crippen LogP contribution in [0.4, 0.5) is 0 Å². The zero-order valence-electron chi connectivity index (χ0n) is 7.12. The Morgan fingerprint density at radius 2 is 2.17 bits per heavy atom. The van der Waals surface area contributed by atoms with Gasteiger partial charge in [-0.15, -0.1) is 0 Å². The molecule has 4 heteroatoms. The molecule has 0 aromatic heterocycles. The summed E-state index contributed by atoms with van der Waals surface area (Å²) in [4.78, 5) is 9.25. The van der Waals surface area contributed by atoms with Crippen LogP contribution in [0, 0.1) is 5.41 Å². The molecule has 0 spiro atoms. The molecule has 0 radical (unpaired) electrons. The van der Waals surface area contributed by atoms with Gasteiger partial charge in [0.2, 0.25) is 0 Å². The Labute approximate surface area is 71.5 Å².